The van der Waals surface area contributed by atoms with Crippen molar-refractivity contribution in [3.8, 4) is 10.6 Å². The second-order valence-corrected chi connectivity index (χ2v) is 4.76. The van der Waals surface area contributed by atoms with Crippen molar-refractivity contribution in [2.24, 2.45) is 0 Å². The Morgan fingerprint density at radius 1 is 1.22 bits per heavy atom. The van der Waals surface area contributed by atoms with Gasteiger partial charge in [-0.1, -0.05) is 0 Å². The standard InChI is InChI=1S/C13H14FNO2S/c1-8-4-9(6-10(14)5-8)12-15-11(7-18-12)13(16-2)17-3/h4-7,13H,1-3H3. The molecule has 0 unspecified atom stereocenters. The minimum Gasteiger partial charge on any atom is -0.350 e. The average Bonchev–Trinajstić information content (AvgIpc) is 2.79. The average molecular weight is 267 g/mol. The lowest BCUT2D eigenvalue weighted by Gasteiger charge is -2.09. The molecule has 1 aromatic carbocycles. The van der Waals surface area contributed by atoms with Gasteiger partial charge >= 0.3 is 0 Å². The fourth-order valence-corrected chi connectivity index (χ4v) is 2.53. The predicted octanol–water partition coefficient (Wildman–Crippen LogP) is 3.55. The summed E-state index contributed by atoms with van der Waals surface area (Å²) in [6, 6.07) is 4.87. The normalized spacial score (nSPS) is 11.2. The van der Waals surface area contributed by atoms with Gasteiger partial charge in [-0.25, -0.2) is 9.37 Å². The number of halogens is 1. The van der Waals surface area contributed by atoms with E-state index in [-0.39, 0.29) is 5.82 Å². The second kappa shape index (κ2) is 5.56. The quantitative estimate of drug-likeness (QED) is 0.794. The predicted molar refractivity (Wildman–Crippen MR) is 69.0 cm³/mol. The summed E-state index contributed by atoms with van der Waals surface area (Å²) >= 11 is 1.44. The number of thiazole rings is 1. The van der Waals surface area contributed by atoms with Gasteiger partial charge in [-0.15, -0.1) is 11.3 Å². The monoisotopic (exact) mass is 267 g/mol. The van der Waals surface area contributed by atoms with Gasteiger partial charge in [0.25, 0.3) is 0 Å². The third kappa shape index (κ3) is 2.75. The maximum atomic E-state index is 13.3. The number of hydrogen-bond acceptors (Lipinski definition) is 4. The van der Waals surface area contributed by atoms with Crippen LogP contribution in [0.4, 0.5) is 4.39 Å². The molecule has 0 spiro atoms. The van der Waals surface area contributed by atoms with E-state index in [0.717, 1.165) is 16.1 Å². The Kier molecular flexibility index (Phi) is 4.06. The maximum absolute atomic E-state index is 13.3. The van der Waals surface area contributed by atoms with Gasteiger partial charge in [0.2, 0.25) is 6.29 Å². The van der Waals surface area contributed by atoms with Crippen LogP contribution in [0.2, 0.25) is 0 Å². The minimum atomic E-state index is -0.482. The molecule has 3 nitrogen and oxygen atoms in total. The van der Waals surface area contributed by atoms with Gasteiger partial charge in [0.05, 0.1) is 0 Å². The molecular weight excluding hydrogens is 253 g/mol. The van der Waals surface area contributed by atoms with Gasteiger partial charge in [-0.3, -0.25) is 0 Å². The van der Waals surface area contributed by atoms with Gasteiger partial charge < -0.3 is 9.47 Å². The highest BCUT2D eigenvalue weighted by Gasteiger charge is 2.14. The first-order chi connectivity index (χ1) is 8.63. The smallest absolute Gasteiger partial charge is 0.201 e. The molecule has 1 heterocycles. The van der Waals surface area contributed by atoms with E-state index in [2.05, 4.69) is 4.98 Å². The first kappa shape index (κ1) is 13.1. The zero-order valence-electron chi connectivity index (χ0n) is 10.4. The van der Waals surface area contributed by atoms with Crippen molar-refractivity contribution < 1.29 is 13.9 Å². The number of aromatic nitrogens is 1. The van der Waals surface area contributed by atoms with E-state index in [0.29, 0.717) is 5.69 Å². The number of hydrogen-bond donors (Lipinski definition) is 0. The summed E-state index contributed by atoms with van der Waals surface area (Å²) in [4.78, 5) is 4.41. The number of benzene rings is 1. The summed E-state index contributed by atoms with van der Waals surface area (Å²) in [6.07, 6.45) is -0.482. The van der Waals surface area contributed by atoms with E-state index in [1.54, 1.807) is 14.2 Å². The summed E-state index contributed by atoms with van der Waals surface area (Å²) < 4.78 is 23.6. The zero-order valence-corrected chi connectivity index (χ0v) is 11.3. The Bertz CT molecular complexity index is 517. The highest BCUT2D eigenvalue weighted by Crippen LogP contribution is 2.28. The van der Waals surface area contributed by atoms with Crippen LogP contribution in [0.5, 0.6) is 0 Å². The van der Waals surface area contributed by atoms with Crippen molar-refractivity contribution in [3.63, 3.8) is 0 Å². The molecule has 5 heteroatoms. The fraction of sp³-hybridized carbons (Fsp3) is 0.308. The molecule has 18 heavy (non-hydrogen) atoms. The molecule has 0 N–H and O–H groups in total. The number of methoxy groups -OCH3 is 2. The van der Waals surface area contributed by atoms with Gasteiger partial charge in [-0.2, -0.15) is 0 Å². The van der Waals surface area contributed by atoms with Crippen molar-refractivity contribution in [3.05, 3.63) is 40.7 Å². The summed E-state index contributed by atoms with van der Waals surface area (Å²) in [5, 5.41) is 2.61. The molecule has 1 aromatic heterocycles. The van der Waals surface area contributed by atoms with Crippen molar-refractivity contribution in [1.82, 2.24) is 4.98 Å². The molecule has 96 valence electrons. The van der Waals surface area contributed by atoms with Crippen LogP contribution in [0.1, 0.15) is 17.5 Å². The fourth-order valence-electron chi connectivity index (χ4n) is 1.72. The molecule has 0 saturated carbocycles. The Morgan fingerprint density at radius 3 is 2.56 bits per heavy atom. The number of nitrogens with zero attached hydrogens (tertiary/aromatic N) is 1. The van der Waals surface area contributed by atoms with Gasteiger partial charge in [0.1, 0.15) is 16.5 Å². The van der Waals surface area contributed by atoms with Crippen LogP contribution in [-0.4, -0.2) is 19.2 Å². The van der Waals surface area contributed by atoms with Crippen molar-refractivity contribution >= 4 is 11.3 Å². The first-order valence-corrected chi connectivity index (χ1v) is 6.30. The topological polar surface area (TPSA) is 31.4 Å². The SMILES string of the molecule is COC(OC)c1csc(-c2cc(C)cc(F)c2)n1. The Hall–Kier alpha value is -1.30. The summed E-state index contributed by atoms with van der Waals surface area (Å²) in [6.45, 7) is 1.86. The largest absolute Gasteiger partial charge is 0.350 e. The molecule has 0 radical (unpaired) electrons. The molecule has 2 aromatic rings. The highest BCUT2D eigenvalue weighted by molar-refractivity contribution is 7.13. The van der Waals surface area contributed by atoms with Crippen LogP contribution in [-0.2, 0) is 9.47 Å². The van der Waals surface area contributed by atoms with Crippen molar-refractivity contribution in [1.29, 1.82) is 0 Å². The summed E-state index contributed by atoms with van der Waals surface area (Å²) in [7, 11) is 3.11. The minimum absolute atomic E-state index is 0.253. The van der Waals surface area contributed by atoms with Crippen LogP contribution >= 0.6 is 11.3 Å². The Morgan fingerprint density at radius 2 is 1.94 bits per heavy atom. The molecule has 0 amide bonds. The van der Waals surface area contributed by atoms with E-state index in [1.165, 1.54) is 23.5 Å². The molecule has 0 atom stereocenters. The summed E-state index contributed by atoms with van der Waals surface area (Å²) in [5.41, 5.74) is 2.34. The molecular formula is C13H14FNO2S. The lowest BCUT2D eigenvalue weighted by atomic mass is 10.1. The van der Waals surface area contributed by atoms with Crippen molar-refractivity contribution in [2.45, 2.75) is 13.2 Å². The van der Waals surface area contributed by atoms with E-state index < -0.39 is 6.29 Å². The Labute approximate surface area is 109 Å². The molecule has 0 aliphatic heterocycles. The Balaban J connectivity index is 2.34. The number of rotatable bonds is 4. The molecule has 0 fully saturated rings. The van der Waals surface area contributed by atoms with E-state index >= 15 is 0 Å². The van der Waals surface area contributed by atoms with Gasteiger partial charge in [-0.05, 0) is 30.7 Å². The number of ether oxygens (including phenoxy) is 2. The molecule has 0 aliphatic rings. The van der Waals surface area contributed by atoms with Crippen molar-refractivity contribution in [2.75, 3.05) is 14.2 Å². The van der Waals surface area contributed by atoms with Crippen LogP contribution in [0.25, 0.3) is 10.6 Å². The molecule has 0 bridgehead atoms. The van der Waals surface area contributed by atoms with Gasteiger partial charge in [0, 0.05) is 25.2 Å². The second-order valence-electron chi connectivity index (χ2n) is 3.90. The van der Waals surface area contributed by atoms with Gasteiger partial charge in [0.15, 0.2) is 0 Å². The third-order valence-corrected chi connectivity index (χ3v) is 3.39. The van der Waals surface area contributed by atoms with Crippen LogP contribution in [0.15, 0.2) is 23.6 Å². The lowest BCUT2D eigenvalue weighted by molar-refractivity contribution is -0.108. The maximum Gasteiger partial charge on any atom is 0.201 e. The lowest BCUT2D eigenvalue weighted by Crippen LogP contribution is -2.03. The van der Waals surface area contributed by atoms with Crippen LogP contribution < -0.4 is 0 Å². The van der Waals surface area contributed by atoms with E-state index in [4.69, 9.17) is 9.47 Å². The summed E-state index contributed by atoms with van der Waals surface area (Å²) in [5.74, 6) is -0.253. The van der Waals surface area contributed by atoms with E-state index in [1.807, 2.05) is 18.4 Å². The highest BCUT2D eigenvalue weighted by atomic mass is 32.1. The molecule has 0 aliphatic carbocycles. The first-order valence-electron chi connectivity index (χ1n) is 5.42. The van der Waals surface area contributed by atoms with E-state index in [9.17, 15) is 4.39 Å². The zero-order chi connectivity index (χ0) is 13.1. The van der Waals surface area contributed by atoms with Crippen LogP contribution in [0.3, 0.4) is 0 Å². The number of aryl methyl sites for hydroxylation is 1. The van der Waals surface area contributed by atoms with Crippen LogP contribution in [0, 0.1) is 12.7 Å². The molecule has 2 rings (SSSR count). The molecule has 0 saturated heterocycles. The third-order valence-electron chi connectivity index (χ3n) is 2.48.